The largest absolute Gasteiger partial charge is 0.370 e. The zero-order chi connectivity index (χ0) is 11.8. The summed E-state index contributed by atoms with van der Waals surface area (Å²) in [4.78, 5) is 14.0. The number of carbonyl (C=O) groups is 1. The average Bonchev–Trinajstić information content (AvgIpc) is 2.54. The second-order valence-electron chi connectivity index (χ2n) is 4.34. The Balaban J connectivity index is 2.42. The zero-order valence-corrected chi connectivity index (χ0v) is 10.3. The summed E-state index contributed by atoms with van der Waals surface area (Å²) in [7, 11) is 0. The molecule has 1 aliphatic rings. The third-order valence-corrected chi connectivity index (χ3v) is 3.16. The van der Waals surface area contributed by atoms with Crippen molar-refractivity contribution in [3.8, 4) is 0 Å². The first-order chi connectivity index (χ1) is 7.79. The van der Waals surface area contributed by atoms with Crippen molar-refractivity contribution in [1.82, 2.24) is 4.90 Å². The van der Waals surface area contributed by atoms with Gasteiger partial charge in [0.15, 0.2) is 0 Å². The van der Waals surface area contributed by atoms with Crippen LogP contribution in [0.25, 0.3) is 0 Å². The summed E-state index contributed by atoms with van der Waals surface area (Å²) in [6.07, 6.45) is 5.79. The van der Waals surface area contributed by atoms with Crippen LogP contribution >= 0.6 is 0 Å². The lowest BCUT2D eigenvalue weighted by atomic mass is 10.1. The van der Waals surface area contributed by atoms with Gasteiger partial charge in [0.05, 0.1) is 6.61 Å². The third kappa shape index (κ3) is 4.10. The van der Waals surface area contributed by atoms with Crippen LogP contribution in [0.5, 0.6) is 0 Å². The lowest BCUT2D eigenvalue weighted by molar-refractivity contribution is -0.138. The van der Waals surface area contributed by atoms with E-state index in [1.165, 1.54) is 12.8 Å². The molecule has 0 saturated carbocycles. The number of amides is 1. The number of nitrogens with two attached hydrogens (primary N) is 1. The quantitative estimate of drug-likeness (QED) is 0.718. The fourth-order valence-corrected chi connectivity index (χ4v) is 2.26. The number of hydrogen-bond donors (Lipinski definition) is 1. The fraction of sp³-hybridized carbons (Fsp3) is 0.917. The van der Waals surface area contributed by atoms with Crippen molar-refractivity contribution in [3.05, 3.63) is 0 Å². The summed E-state index contributed by atoms with van der Waals surface area (Å²) in [5.41, 5.74) is 5.32. The molecule has 1 rings (SSSR count). The van der Waals surface area contributed by atoms with Gasteiger partial charge in [0.2, 0.25) is 5.91 Å². The second kappa shape index (κ2) is 7.63. The molecule has 0 bridgehead atoms. The van der Waals surface area contributed by atoms with Gasteiger partial charge >= 0.3 is 0 Å². The molecule has 1 atom stereocenters. The van der Waals surface area contributed by atoms with E-state index in [0.29, 0.717) is 19.2 Å². The SMILES string of the molecule is CCC1CCCCCN1C(=O)COCCN. The molecule has 4 nitrogen and oxygen atoms in total. The van der Waals surface area contributed by atoms with E-state index < -0.39 is 0 Å². The molecule has 1 heterocycles. The van der Waals surface area contributed by atoms with Gasteiger partial charge in [0, 0.05) is 19.1 Å². The van der Waals surface area contributed by atoms with Gasteiger partial charge in [-0.15, -0.1) is 0 Å². The van der Waals surface area contributed by atoms with E-state index in [1.54, 1.807) is 0 Å². The molecule has 0 spiro atoms. The first-order valence-electron chi connectivity index (χ1n) is 6.36. The normalized spacial score (nSPS) is 21.9. The van der Waals surface area contributed by atoms with Crippen LogP contribution in [-0.4, -0.2) is 43.2 Å². The molecule has 0 aromatic rings. The molecule has 1 saturated heterocycles. The number of rotatable bonds is 5. The highest BCUT2D eigenvalue weighted by molar-refractivity contribution is 5.77. The molecule has 0 aromatic heterocycles. The predicted octanol–water partition coefficient (Wildman–Crippen LogP) is 1.14. The highest BCUT2D eigenvalue weighted by Gasteiger charge is 2.23. The molecular formula is C12H24N2O2. The summed E-state index contributed by atoms with van der Waals surface area (Å²) in [6, 6.07) is 0.413. The maximum atomic E-state index is 12.0. The number of carbonyl (C=O) groups excluding carboxylic acids is 1. The van der Waals surface area contributed by atoms with Gasteiger partial charge in [-0.25, -0.2) is 0 Å². The zero-order valence-electron chi connectivity index (χ0n) is 10.3. The maximum Gasteiger partial charge on any atom is 0.248 e. The minimum absolute atomic E-state index is 0.127. The molecule has 2 N–H and O–H groups in total. The van der Waals surface area contributed by atoms with Gasteiger partial charge in [-0.05, 0) is 19.3 Å². The molecule has 0 radical (unpaired) electrons. The Hall–Kier alpha value is -0.610. The van der Waals surface area contributed by atoms with Crippen LogP contribution in [0.15, 0.2) is 0 Å². The molecule has 0 aromatic carbocycles. The van der Waals surface area contributed by atoms with Crippen LogP contribution in [0.2, 0.25) is 0 Å². The van der Waals surface area contributed by atoms with Crippen molar-refractivity contribution in [2.75, 3.05) is 26.3 Å². The maximum absolute atomic E-state index is 12.0. The summed E-state index contributed by atoms with van der Waals surface area (Å²) in [5.74, 6) is 0.127. The minimum atomic E-state index is 0.127. The van der Waals surface area contributed by atoms with E-state index in [0.717, 1.165) is 25.8 Å². The van der Waals surface area contributed by atoms with Crippen LogP contribution in [0.3, 0.4) is 0 Å². The highest BCUT2D eigenvalue weighted by Crippen LogP contribution is 2.19. The predicted molar refractivity (Wildman–Crippen MR) is 64.1 cm³/mol. The lowest BCUT2D eigenvalue weighted by Crippen LogP contribution is -2.41. The van der Waals surface area contributed by atoms with Crippen molar-refractivity contribution in [2.24, 2.45) is 5.73 Å². The second-order valence-corrected chi connectivity index (χ2v) is 4.34. The van der Waals surface area contributed by atoms with Crippen LogP contribution in [0.1, 0.15) is 39.0 Å². The number of likely N-dealkylation sites (tertiary alicyclic amines) is 1. The van der Waals surface area contributed by atoms with Crippen molar-refractivity contribution in [3.63, 3.8) is 0 Å². The van der Waals surface area contributed by atoms with E-state index in [1.807, 2.05) is 4.90 Å². The summed E-state index contributed by atoms with van der Waals surface area (Å²) in [5, 5.41) is 0. The highest BCUT2D eigenvalue weighted by atomic mass is 16.5. The third-order valence-electron chi connectivity index (χ3n) is 3.16. The van der Waals surface area contributed by atoms with Crippen LogP contribution in [0, 0.1) is 0 Å². The van der Waals surface area contributed by atoms with E-state index in [9.17, 15) is 4.79 Å². The molecular weight excluding hydrogens is 204 g/mol. The number of hydrogen-bond acceptors (Lipinski definition) is 3. The Morgan fingerprint density at radius 2 is 2.25 bits per heavy atom. The molecule has 1 aliphatic heterocycles. The van der Waals surface area contributed by atoms with Crippen LogP contribution in [-0.2, 0) is 9.53 Å². The Morgan fingerprint density at radius 3 is 2.94 bits per heavy atom. The first-order valence-corrected chi connectivity index (χ1v) is 6.36. The Labute approximate surface area is 98.1 Å². The Bertz CT molecular complexity index is 209. The molecule has 1 amide bonds. The van der Waals surface area contributed by atoms with Gasteiger partial charge in [-0.1, -0.05) is 19.8 Å². The molecule has 4 heteroatoms. The minimum Gasteiger partial charge on any atom is -0.370 e. The van der Waals surface area contributed by atoms with Crippen molar-refractivity contribution in [2.45, 2.75) is 45.1 Å². The Morgan fingerprint density at radius 1 is 1.44 bits per heavy atom. The topological polar surface area (TPSA) is 55.6 Å². The van der Waals surface area contributed by atoms with Crippen molar-refractivity contribution >= 4 is 5.91 Å². The van der Waals surface area contributed by atoms with Gasteiger partial charge in [0.1, 0.15) is 6.61 Å². The molecule has 16 heavy (non-hydrogen) atoms. The standard InChI is InChI=1S/C12H24N2O2/c1-2-11-6-4-3-5-8-14(11)12(15)10-16-9-7-13/h11H,2-10,13H2,1H3. The number of nitrogens with zero attached hydrogens (tertiary/aromatic N) is 1. The molecule has 1 unspecified atom stereocenters. The lowest BCUT2D eigenvalue weighted by Gasteiger charge is -2.29. The number of ether oxygens (including phenoxy) is 1. The smallest absolute Gasteiger partial charge is 0.248 e. The molecule has 0 aliphatic carbocycles. The fourth-order valence-electron chi connectivity index (χ4n) is 2.26. The Kier molecular flexibility index (Phi) is 6.42. The van der Waals surface area contributed by atoms with E-state index in [2.05, 4.69) is 6.92 Å². The molecule has 1 fully saturated rings. The summed E-state index contributed by atoms with van der Waals surface area (Å²) >= 11 is 0. The van der Waals surface area contributed by atoms with Crippen molar-refractivity contribution < 1.29 is 9.53 Å². The van der Waals surface area contributed by atoms with Crippen molar-refractivity contribution in [1.29, 1.82) is 0 Å². The van der Waals surface area contributed by atoms with Gasteiger partial charge in [0.25, 0.3) is 0 Å². The summed E-state index contributed by atoms with van der Waals surface area (Å²) in [6.45, 7) is 4.18. The van der Waals surface area contributed by atoms with Gasteiger partial charge < -0.3 is 15.4 Å². The first kappa shape index (κ1) is 13.5. The molecule has 94 valence electrons. The van der Waals surface area contributed by atoms with Gasteiger partial charge in [-0.3, -0.25) is 4.79 Å². The summed E-state index contributed by atoms with van der Waals surface area (Å²) < 4.78 is 5.22. The average molecular weight is 228 g/mol. The van der Waals surface area contributed by atoms with E-state index in [4.69, 9.17) is 10.5 Å². The van der Waals surface area contributed by atoms with Gasteiger partial charge in [-0.2, -0.15) is 0 Å². The van der Waals surface area contributed by atoms with E-state index >= 15 is 0 Å². The van der Waals surface area contributed by atoms with Crippen LogP contribution in [0.4, 0.5) is 0 Å². The van der Waals surface area contributed by atoms with E-state index in [-0.39, 0.29) is 12.5 Å². The van der Waals surface area contributed by atoms with Crippen LogP contribution < -0.4 is 5.73 Å². The monoisotopic (exact) mass is 228 g/mol.